The lowest BCUT2D eigenvalue weighted by molar-refractivity contribution is -0.141. The fourth-order valence-corrected chi connectivity index (χ4v) is 2.51. The highest BCUT2D eigenvalue weighted by Crippen LogP contribution is 2.32. The number of anilines is 1. The molecule has 116 valence electrons. The lowest BCUT2D eigenvalue weighted by atomic mass is 9.88. The molecule has 0 aromatic carbocycles. The first-order chi connectivity index (χ1) is 9.70. The second-order valence-corrected chi connectivity index (χ2v) is 5.67. The van der Waals surface area contributed by atoms with Gasteiger partial charge in [0.2, 0.25) is 0 Å². The van der Waals surface area contributed by atoms with Gasteiger partial charge in [0.1, 0.15) is 17.3 Å². The first-order valence-corrected chi connectivity index (χ1v) is 6.87. The quantitative estimate of drug-likeness (QED) is 0.652. The van der Waals surface area contributed by atoms with E-state index >= 15 is 0 Å². The summed E-state index contributed by atoms with van der Waals surface area (Å²) >= 11 is 0. The molecule has 2 rings (SSSR count). The summed E-state index contributed by atoms with van der Waals surface area (Å²) in [4.78, 5) is 5.53. The maximum atomic E-state index is 12.8. The number of hydrogen-bond donors (Lipinski definition) is 2. The van der Waals surface area contributed by atoms with Crippen molar-refractivity contribution < 1.29 is 13.2 Å². The minimum Gasteiger partial charge on any atom is -0.384 e. The third-order valence-electron chi connectivity index (χ3n) is 4.09. The first-order valence-electron chi connectivity index (χ1n) is 6.87. The molecule has 4 nitrogen and oxygen atoms in total. The van der Waals surface area contributed by atoms with Gasteiger partial charge in [0, 0.05) is 13.1 Å². The summed E-state index contributed by atoms with van der Waals surface area (Å²) in [5, 5.41) is 7.54. The Hall–Kier alpha value is -1.79. The molecule has 1 aromatic rings. The maximum absolute atomic E-state index is 12.8. The number of rotatable bonds is 2. The van der Waals surface area contributed by atoms with Crippen LogP contribution in [0.2, 0.25) is 0 Å². The largest absolute Gasteiger partial charge is 0.433 e. The number of halogens is 3. The van der Waals surface area contributed by atoms with Crippen molar-refractivity contribution in [2.24, 2.45) is 17.6 Å². The average Bonchev–Trinajstić information content (AvgIpc) is 2.40. The van der Waals surface area contributed by atoms with E-state index in [1.807, 2.05) is 0 Å². The van der Waals surface area contributed by atoms with Crippen molar-refractivity contribution in [1.82, 2.24) is 4.98 Å². The number of amidine groups is 1. The van der Waals surface area contributed by atoms with Crippen LogP contribution in [0.15, 0.2) is 12.1 Å². The van der Waals surface area contributed by atoms with Gasteiger partial charge in [0.15, 0.2) is 0 Å². The Kier molecular flexibility index (Phi) is 4.11. The highest BCUT2D eigenvalue weighted by Gasteiger charge is 2.34. The smallest absolute Gasteiger partial charge is 0.384 e. The topological polar surface area (TPSA) is 66.0 Å². The molecule has 2 atom stereocenters. The number of nitrogens with one attached hydrogen (secondary N) is 1. The predicted octanol–water partition coefficient (Wildman–Crippen LogP) is 2.87. The average molecular weight is 300 g/mol. The van der Waals surface area contributed by atoms with Crippen molar-refractivity contribution >= 4 is 11.7 Å². The number of nitrogens with zero attached hydrogens (tertiary/aromatic N) is 2. The zero-order valence-corrected chi connectivity index (χ0v) is 12.0. The van der Waals surface area contributed by atoms with Gasteiger partial charge in [-0.1, -0.05) is 13.8 Å². The Morgan fingerprint density at radius 3 is 2.52 bits per heavy atom. The van der Waals surface area contributed by atoms with Crippen molar-refractivity contribution in [1.29, 1.82) is 5.41 Å². The van der Waals surface area contributed by atoms with Gasteiger partial charge in [-0.3, -0.25) is 5.41 Å². The summed E-state index contributed by atoms with van der Waals surface area (Å²) in [6, 6.07) is 2.10. The number of pyridine rings is 1. The van der Waals surface area contributed by atoms with Crippen LogP contribution >= 0.6 is 0 Å². The normalized spacial score (nSPS) is 23.2. The fourth-order valence-electron chi connectivity index (χ4n) is 2.51. The van der Waals surface area contributed by atoms with Crippen LogP contribution in [0.3, 0.4) is 0 Å². The standard InChI is InChI=1S/C14H19F3N4/c1-8-5-6-21(7-9(8)2)13-10(12(18)19)3-4-11(20-13)14(15,16)17/h3-4,8-9H,5-7H2,1-2H3,(H3,18,19). The molecule has 0 spiro atoms. The van der Waals surface area contributed by atoms with Crippen molar-refractivity contribution in [3.05, 3.63) is 23.4 Å². The van der Waals surface area contributed by atoms with E-state index in [2.05, 4.69) is 18.8 Å². The van der Waals surface area contributed by atoms with Gasteiger partial charge in [-0.2, -0.15) is 13.2 Å². The van der Waals surface area contributed by atoms with Gasteiger partial charge in [-0.25, -0.2) is 4.98 Å². The number of alkyl halides is 3. The molecule has 2 heterocycles. The van der Waals surface area contributed by atoms with E-state index in [4.69, 9.17) is 11.1 Å². The minimum atomic E-state index is -4.50. The Morgan fingerprint density at radius 2 is 2.00 bits per heavy atom. The molecule has 0 aliphatic carbocycles. The zero-order valence-electron chi connectivity index (χ0n) is 12.0. The molecular formula is C14H19F3N4. The van der Waals surface area contributed by atoms with Crippen LogP contribution in [0, 0.1) is 17.2 Å². The molecule has 0 radical (unpaired) electrons. The highest BCUT2D eigenvalue weighted by atomic mass is 19.4. The number of hydrogen-bond acceptors (Lipinski definition) is 3. The van der Waals surface area contributed by atoms with Gasteiger partial charge in [0.25, 0.3) is 0 Å². The van der Waals surface area contributed by atoms with Crippen LogP contribution in [-0.2, 0) is 6.18 Å². The molecule has 0 amide bonds. The third kappa shape index (κ3) is 3.28. The molecule has 1 fully saturated rings. The summed E-state index contributed by atoms with van der Waals surface area (Å²) in [7, 11) is 0. The molecule has 7 heteroatoms. The van der Waals surface area contributed by atoms with E-state index in [0.717, 1.165) is 12.5 Å². The number of piperidine rings is 1. The van der Waals surface area contributed by atoms with Crippen molar-refractivity contribution in [2.45, 2.75) is 26.4 Å². The van der Waals surface area contributed by atoms with E-state index in [9.17, 15) is 13.2 Å². The van der Waals surface area contributed by atoms with Crippen molar-refractivity contribution in [3.8, 4) is 0 Å². The van der Waals surface area contributed by atoms with E-state index in [-0.39, 0.29) is 17.2 Å². The molecule has 1 aliphatic heterocycles. The molecule has 0 saturated carbocycles. The van der Waals surface area contributed by atoms with Gasteiger partial charge < -0.3 is 10.6 Å². The summed E-state index contributed by atoms with van der Waals surface area (Å²) in [6.45, 7) is 5.45. The number of aromatic nitrogens is 1. The van der Waals surface area contributed by atoms with Crippen LogP contribution in [0.5, 0.6) is 0 Å². The second kappa shape index (κ2) is 5.54. The Balaban J connectivity index is 2.42. The summed E-state index contributed by atoms with van der Waals surface area (Å²) in [5.41, 5.74) is 4.78. The Morgan fingerprint density at radius 1 is 1.33 bits per heavy atom. The van der Waals surface area contributed by atoms with Crippen LogP contribution in [-0.4, -0.2) is 23.9 Å². The maximum Gasteiger partial charge on any atom is 0.433 e. The third-order valence-corrected chi connectivity index (χ3v) is 4.09. The van der Waals surface area contributed by atoms with E-state index < -0.39 is 11.9 Å². The molecule has 0 bridgehead atoms. The summed E-state index contributed by atoms with van der Waals surface area (Å²) < 4.78 is 38.5. The van der Waals surface area contributed by atoms with Gasteiger partial charge >= 0.3 is 6.18 Å². The molecule has 21 heavy (non-hydrogen) atoms. The minimum absolute atomic E-state index is 0.163. The number of nitrogens with two attached hydrogens (primary N) is 1. The molecule has 1 saturated heterocycles. The van der Waals surface area contributed by atoms with Gasteiger partial charge in [-0.15, -0.1) is 0 Å². The molecular weight excluding hydrogens is 281 g/mol. The lowest BCUT2D eigenvalue weighted by Gasteiger charge is -2.37. The molecule has 3 N–H and O–H groups in total. The van der Waals surface area contributed by atoms with E-state index in [0.29, 0.717) is 24.9 Å². The number of nitrogen functional groups attached to an aromatic ring is 1. The predicted molar refractivity (Wildman–Crippen MR) is 75.4 cm³/mol. The lowest BCUT2D eigenvalue weighted by Crippen LogP contribution is -2.40. The van der Waals surface area contributed by atoms with Crippen molar-refractivity contribution in [3.63, 3.8) is 0 Å². The molecule has 2 unspecified atom stereocenters. The van der Waals surface area contributed by atoms with Gasteiger partial charge in [-0.05, 0) is 30.4 Å². The molecule has 1 aromatic heterocycles. The van der Waals surface area contributed by atoms with Crippen LogP contribution in [0.25, 0.3) is 0 Å². The first kappa shape index (κ1) is 15.6. The van der Waals surface area contributed by atoms with Crippen LogP contribution in [0.4, 0.5) is 19.0 Å². The molecule has 1 aliphatic rings. The Bertz CT molecular complexity index is 542. The monoisotopic (exact) mass is 300 g/mol. The SMILES string of the molecule is CC1CCN(c2nc(C(F)(F)F)ccc2C(=N)N)CC1C. The van der Waals surface area contributed by atoms with Crippen molar-refractivity contribution in [2.75, 3.05) is 18.0 Å². The Labute approximate surface area is 121 Å². The van der Waals surface area contributed by atoms with E-state index in [1.165, 1.54) is 6.07 Å². The highest BCUT2D eigenvalue weighted by molar-refractivity contribution is 5.99. The van der Waals surface area contributed by atoms with Crippen LogP contribution < -0.4 is 10.6 Å². The van der Waals surface area contributed by atoms with Gasteiger partial charge in [0.05, 0.1) is 5.56 Å². The summed E-state index contributed by atoms with van der Waals surface area (Å²) in [6.07, 6.45) is -3.62. The second-order valence-electron chi connectivity index (χ2n) is 5.67. The summed E-state index contributed by atoms with van der Waals surface area (Å²) in [5.74, 6) is 0.774. The zero-order chi connectivity index (χ0) is 15.8. The fraction of sp³-hybridized carbons (Fsp3) is 0.571. The van der Waals surface area contributed by atoms with E-state index in [1.54, 1.807) is 4.90 Å². The van der Waals surface area contributed by atoms with Crippen LogP contribution in [0.1, 0.15) is 31.5 Å².